The molecule has 1 rings (SSSR count). The highest BCUT2D eigenvalue weighted by Gasteiger charge is 2.07. The molecule has 0 radical (unpaired) electrons. The number of hydrogen-bond donors (Lipinski definition) is 2. The lowest BCUT2D eigenvalue weighted by molar-refractivity contribution is 0.149. The van der Waals surface area contributed by atoms with Crippen LogP contribution < -0.4 is 0 Å². The summed E-state index contributed by atoms with van der Waals surface area (Å²) < 4.78 is 0.931. The van der Waals surface area contributed by atoms with Crippen molar-refractivity contribution in [3.8, 4) is 0 Å². The van der Waals surface area contributed by atoms with E-state index in [1.807, 2.05) is 12.1 Å². The molecule has 2 N–H and O–H groups in total. The van der Waals surface area contributed by atoms with Crippen LogP contribution in [0.4, 0.5) is 0 Å². The van der Waals surface area contributed by atoms with E-state index in [1.165, 1.54) is 0 Å². The van der Waals surface area contributed by atoms with E-state index in [1.54, 1.807) is 6.20 Å². The number of aliphatic hydroxyl groups excluding tert-OH is 2. The van der Waals surface area contributed by atoms with Crippen LogP contribution in [0.2, 0.25) is 0 Å². The zero-order valence-corrected chi connectivity index (χ0v) is 8.74. The molecule has 0 aliphatic carbocycles. The SMILES string of the molecule is OCC(CO)Cc1ccc(Br)cn1. The number of aliphatic hydroxyl groups is 2. The highest BCUT2D eigenvalue weighted by Crippen LogP contribution is 2.10. The first-order chi connectivity index (χ1) is 6.26. The molecule has 0 aliphatic heterocycles. The summed E-state index contributed by atoms with van der Waals surface area (Å²) in [5, 5.41) is 17.7. The lowest BCUT2D eigenvalue weighted by Gasteiger charge is -2.09. The summed E-state index contributed by atoms with van der Waals surface area (Å²) in [4.78, 5) is 4.14. The van der Waals surface area contributed by atoms with Gasteiger partial charge < -0.3 is 10.2 Å². The first kappa shape index (κ1) is 10.6. The van der Waals surface area contributed by atoms with Gasteiger partial charge in [-0.1, -0.05) is 0 Å². The van der Waals surface area contributed by atoms with Crippen molar-refractivity contribution in [1.82, 2.24) is 4.98 Å². The minimum Gasteiger partial charge on any atom is -0.396 e. The molecule has 3 nitrogen and oxygen atoms in total. The van der Waals surface area contributed by atoms with Crippen molar-refractivity contribution in [2.45, 2.75) is 6.42 Å². The Bertz CT molecular complexity index is 246. The van der Waals surface area contributed by atoms with Crippen molar-refractivity contribution in [3.05, 3.63) is 28.5 Å². The Morgan fingerprint density at radius 3 is 2.46 bits per heavy atom. The predicted octanol–water partition coefficient (Wildman–Crippen LogP) is 0.987. The van der Waals surface area contributed by atoms with Crippen LogP contribution in [0.3, 0.4) is 0 Å². The molecule has 0 amide bonds. The van der Waals surface area contributed by atoms with E-state index in [9.17, 15) is 0 Å². The maximum Gasteiger partial charge on any atom is 0.0484 e. The zero-order chi connectivity index (χ0) is 9.68. The maximum absolute atomic E-state index is 8.84. The van der Waals surface area contributed by atoms with Crippen LogP contribution in [-0.4, -0.2) is 28.4 Å². The van der Waals surface area contributed by atoms with Crippen LogP contribution in [0.15, 0.2) is 22.8 Å². The van der Waals surface area contributed by atoms with Gasteiger partial charge in [0.05, 0.1) is 0 Å². The quantitative estimate of drug-likeness (QED) is 0.832. The largest absolute Gasteiger partial charge is 0.396 e. The van der Waals surface area contributed by atoms with Gasteiger partial charge in [0.25, 0.3) is 0 Å². The number of aromatic nitrogens is 1. The second-order valence-electron chi connectivity index (χ2n) is 2.90. The van der Waals surface area contributed by atoms with E-state index in [4.69, 9.17) is 10.2 Å². The highest BCUT2D eigenvalue weighted by atomic mass is 79.9. The Morgan fingerprint density at radius 2 is 2.00 bits per heavy atom. The molecule has 0 bridgehead atoms. The lowest BCUT2D eigenvalue weighted by Crippen LogP contribution is -2.14. The summed E-state index contributed by atoms with van der Waals surface area (Å²) in [5.74, 6) is -0.103. The zero-order valence-electron chi connectivity index (χ0n) is 7.15. The predicted molar refractivity (Wildman–Crippen MR) is 53.3 cm³/mol. The molecule has 4 heteroatoms. The minimum atomic E-state index is -0.103. The molecule has 0 aromatic carbocycles. The first-order valence-corrected chi connectivity index (χ1v) is 4.87. The van der Waals surface area contributed by atoms with Gasteiger partial charge >= 0.3 is 0 Å². The molecule has 0 unspecified atom stereocenters. The van der Waals surface area contributed by atoms with Gasteiger partial charge in [-0.25, -0.2) is 0 Å². The summed E-state index contributed by atoms with van der Waals surface area (Å²) in [6.45, 7) is -0.0114. The molecule has 13 heavy (non-hydrogen) atoms. The molecule has 0 fully saturated rings. The van der Waals surface area contributed by atoms with Crippen molar-refractivity contribution in [2.75, 3.05) is 13.2 Å². The Balaban J connectivity index is 2.58. The number of pyridine rings is 1. The third-order valence-electron chi connectivity index (χ3n) is 1.80. The van der Waals surface area contributed by atoms with Crippen molar-refractivity contribution in [1.29, 1.82) is 0 Å². The van der Waals surface area contributed by atoms with Gasteiger partial charge in [0.2, 0.25) is 0 Å². The van der Waals surface area contributed by atoms with Gasteiger partial charge in [0, 0.05) is 35.5 Å². The Kier molecular flexibility index (Phi) is 4.35. The maximum atomic E-state index is 8.84. The second-order valence-corrected chi connectivity index (χ2v) is 3.82. The van der Waals surface area contributed by atoms with Crippen molar-refractivity contribution in [2.24, 2.45) is 5.92 Å². The van der Waals surface area contributed by atoms with Crippen molar-refractivity contribution in [3.63, 3.8) is 0 Å². The standard InChI is InChI=1S/C9H12BrNO2/c10-8-1-2-9(11-4-8)3-7(5-12)6-13/h1-2,4,7,12-13H,3,5-6H2. The summed E-state index contributed by atoms with van der Waals surface area (Å²) >= 11 is 3.28. The normalized spacial score (nSPS) is 10.8. The smallest absolute Gasteiger partial charge is 0.0484 e. The summed E-state index contributed by atoms with van der Waals surface area (Å²) in [6, 6.07) is 3.77. The number of halogens is 1. The minimum absolute atomic E-state index is 0.00571. The van der Waals surface area contributed by atoms with Gasteiger partial charge in [0.15, 0.2) is 0 Å². The van der Waals surface area contributed by atoms with E-state index in [2.05, 4.69) is 20.9 Å². The van der Waals surface area contributed by atoms with E-state index in [0.29, 0.717) is 6.42 Å². The average molecular weight is 246 g/mol. The van der Waals surface area contributed by atoms with Gasteiger partial charge in [0.1, 0.15) is 0 Å². The number of hydrogen-bond acceptors (Lipinski definition) is 3. The molecular formula is C9H12BrNO2. The summed E-state index contributed by atoms with van der Waals surface area (Å²) in [7, 11) is 0. The molecule has 72 valence electrons. The summed E-state index contributed by atoms with van der Waals surface area (Å²) in [6.07, 6.45) is 2.32. The fraction of sp³-hybridized carbons (Fsp3) is 0.444. The van der Waals surface area contributed by atoms with Gasteiger partial charge in [-0.05, 0) is 34.5 Å². The van der Waals surface area contributed by atoms with E-state index < -0.39 is 0 Å². The van der Waals surface area contributed by atoms with E-state index >= 15 is 0 Å². The van der Waals surface area contributed by atoms with E-state index in [0.717, 1.165) is 10.2 Å². The fourth-order valence-electron chi connectivity index (χ4n) is 1.01. The van der Waals surface area contributed by atoms with E-state index in [-0.39, 0.29) is 19.1 Å². The topological polar surface area (TPSA) is 53.4 Å². The monoisotopic (exact) mass is 245 g/mol. The van der Waals surface area contributed by atoms with Crippen LogP contribution in [0.5, 0.6) is 0 Å². The van der Waals surface area contributed by atoms with Crippen LogP contribution in [-0.2, 0) is 6.42 Å². The molecule has 0 atom stereocenters. The van der Waals surface area contributed by atoms with Gasteiger partial charge in [-0.2, -0.15) is 0 Å². The highest BCUT2D eigenvalue weighted by molar-refractivity contribution is 9.10. The average Bonchev–Trinajstić information content (AvgIpc) is 2.17. The molecular weight excluding hydrogens is 234 g/mol. The second kappa shape index (κ2) is 5.32. The third kappa shape index (κ3) is 3.42. The molecule has 0 saturated carbocycles. The van der Waals surface area contributed by atoms with Crippen LogP contribution in [0.25, 0.3) is 0 Å². The van der Waals surface area contributed by atoms with Crippen LogP contribution in [0, 0.1) is 5.92 Å². The number of nitrogens with zero attached hydrogens (tertiary/aromatic N) is 1. The van der Waals surface area contributed by atoms with Crippen LogP contribution >= 0.6 is 15.9 Å². The van der Waals surface area contributed by atoms with Crippen LogP contribution in [0.1, 0.15) is 5.69 Å². The fourth-order valence-corrected chi connectivity index (χ4v) is 1.24. The molecule has 1 aromatic rings. The van der Waals surface area contributed by atoms with Gasteiger partial charge in [-0.15, -0.1) is 0 Å². The Labute approximate surface area is 85.6 Å². The first-order valence-electron chi connectivity index (χ1n) is 4.08. The lowest BCUT2D eigenvalue weighted by atomic mass is 10.1. The Hall–Kier alpha value is -0.450. The number of rotatable bonds is 4. The van der Waals surface area contributed by atoms with Crippen molar-refractivity contribution >= 4 is 15.9 Å². The van der Waals surface area contributed by atoms with Gasteiger partial charge in [-0.3, -0.25) is 4.98 Å². The van der Waals surface area contributed by atoms with Crippen molar-refractivity contribution < 1.29 is 10.2 Å². The molecule has 0 aliphatic rings. The molecule has 1 aromatic heterocycles. The third-order valence-corrected chi connectivity index (χ3v) is 2.27. The molecule has 0 spiro atoms. The molecule has 1 heterocycles. The summed E-state index contributed by atoms with van der Waals surface area (Å²) in [5.41, 5.74) is 0.885. The molecule has 0 saturated heterocycles. The Morgan fingerprint density at radius 1 is 1.31 bits per heavy atom.